The van der Waals surface area contributed by atoms with Crippen molar-refractivity contribution in [3.05, 3.63) is 39.8 Å². The van der Waals surface area contributed by atoms with Gasteiger partial charge in [0.15, 0.2) is 5.13 Å². The maximum Gasteiger partial charge on any atom is 0.413 e. The van der Waals surface area contributed by atoms with Gasteiger partial charge in [0.25, 0.3) is 5.69 Å². The second kappa shape index (κ2) is 7.00. The molecule has 21 heavy (non-hydrogen) atoms. The fraction of sp³-hybridized carbons (Fsp3) is 0.167. The first kappa shape index (κ1) is 15.2. The van der Waals surface area contributed by atoms with E-state index in [1.54, 1.807) is 17.5 Å². The fourth-order valence-electron chi connectivity index (χ4n) is 1.47. The average Bonchev–Trinajstić information content (AvgIpc) is 2.93. The molecule has 9 heteroatoms. The number of hydrogen-bond donors (Lipinski definition) is 1. The third-order valence-electron chi connectivity index (χ3n) is 2.40. The van der Waals surface area contributed by atoms with Crippen molar-refractivity contribution in [2.75, 3.05) is 17.8 Å². The predicted molar refractivity (Wildman–Crippen MR) is 79.9 cm³/mol. The Kier molecular flexibility index (Phi) is 5.07. The molecule has 1 amide bonds. The summed E-state index contributed by atoms with van der Waals surface area (Å²) in [6.07, 6.45) is -0.625. The summed E-state index contributed by atoms with van der Waals surface area (Å²) in [7, 11) is 0. The molecule has 110 valence electrons. The second-order valence-electron chi connectivity index (χ2n) is 3.79. The summed E-state index contributed by atoms with van der Waals surface area (Å²) < 4.78 is 4.76. The number of alkyl halides is 1. The van der Waals surface area contributed by atoms with Crippen LogP contribution in [0.3, 0.4) is 0 Å². The number of rotatable bonds is 5. The number of nitrogens with one attached hydrogen (secondary N) is 1. The fourth-order valence-corrected chi connectivity index (χ4v) is 2.25. The summed E-state index contributed by atoms with van der Waals surface area (Å²) in [4.78, 5) is 25.7. The van der Waals surface area contributed by atoms with Crippen LogP contribution in [-0.4, -0.2) is 28.5 Å². The van der Waals surface area contributed by atoms with Gasteiger partial charge in [0.2, 0.25) is 0 Å². The standard InChI is InChI=1S/C12H10ClN3O4S/c13-5-6-20-12(17)15-11-14-10(7-21-11)8-1-3-9(4-2-8)16(18)19/h1-4,7H,5-6H2,(H,14,15,17). The van der Waals surface area contributed by atoms with Gasteiger partial charge in [-0.15, -0.1) is 22.9 Å². The van der Waals surface area contributed by atoms with E-state index in [2.05, 4.69) is 10.3 Å². The lowest BCUT2D eigenvalue weighted by Gasteiger charge is -2.01. The first-order chi connectivity index (χ1) is 10.1. The number of nitro groups is 1. The van der Waals surface area contributed by atoms with E-state index in [0.717, 1.165) is 5.56 Å². The normalized spacial score (nSPS) is 10.1. The number of anilines is 1. The SMILES string of the molecule is O=C(Nc1nc(-c2ccc([N+](=O)[O-])cc2)cs1)OCCCl. The van der Waals surface area contributed by atoms with Gasteiger partial charge in [-0.3, -0.25) is 15.4 Å². The lowest BCUT2D eigenvalue weighted by molar-refractivity contribution is -0.384. The van der Waals surface area contributed by atoms with Crippen LogP contribution in [0.25, 0.3) is 11.3 Å². The zero-order valence-electron chi connectivity index (χ0n) is 10.6. The number of nitro benzene ring substituents is 1. The van der Waals surface area contributed by atoms with Gasteiger partial charge in [0.1, 0.15) is 6.61 Å². The van der Waals surface area contributed by atoms with E-state index in [-0.39, 0.29) is 18.2 Å². The first-order valence-corrected chi connectivity index (χ1v) is 7.21. The van der Waals surface area contributed by atoms with Gasteiger partial charge >= 0.3 is 6.09 Å². The van der Waals surface area contributed by atoms with Gasteiger partial charge < -0.3 is 4.74 Å². The van der Waals surface area contributed by atoms with E-state index in [1.165, 1.54) is 23.5 Å². The van der Waals surface area contributed by atoms with Crippen LogP contribution >= 0.6 is 22.9 Å². The number of halogens is 1. The highest BCUT2D eigenvalue weighted by Gasteiger charge is 2.10. The van der Waals surface area contributed by atoms with Crippen LogP contribution in [0.5, 0.6) is 0 Å². The van der Waals surface area contributed by atoms with Gasteiger partial charge in [-0.1, -0.05) is 0 Å². The maximum absolute atomic E-state index is 11.3. The van der Waals surface area contributed by atoms with Gasteiger partial charge in [0.05, 0.1) is 16.5 Å². The molecular formula is C12H10ClN3O4S. The summed E-state index contributed by atoms with van der Waals surface area (Å²) in [5.74, 6) is 0.222. The number of carbonyl (C=O) groups excluding carboxylic acids is 1. The number of benzene rings is 1. The Morgan fingerprint density at radius 2 is 2.14 bits per heavy atom. The number of hydrogen-bond acceptors (Lipinski definition) is 6. The topological polar surface area (TPSA) is 94.4 Å². The smallest absolute Gasteiger partial charge is 0.413 e. The van der Waals surface area contributed by atoms with Gasteiger partial charge in [0, 0.05) is 23.1 Å². The Balaban J connectivity index is 2.05. The van der Waals surface area contributed by atoms with Crippen molar-refractivity contribution in [1.29, 1.82) is 0 Å². The molecule has 0 unspecified atom stereocenters. The molecule has 0 aliphatic carbocycles. The van der Waals surface area contributed by atoms with Gasteiger partial charge in [-0.25, -0.2) is 9.78 Å². The molecule has 0 bridgehead atoms. The van der Waals surface area contributed by atoms with Crippen LogP contribution in [-0.2, 0) is 4.74 Å². The third-order valence-corrected chi connectivity index (χ3v) is 3.31. The molecule has 0 saturated carbocycles. The van der Waals surface area contributed by atoms with Crippen LogP contribution in [0.2, 0.25) is 0 Å². The Hall–Kier alpha value is -2.19. The molecule has 2 aromatic rings. The van der Waals surface area contributed by atoms with Crippen molar-refractivity contribution < 1.29 is 14.5 Å². The monoisotopic (exact) mass is 327 g/mol. The molecule has 7 nitrogen and oxygen atoms in total. The number of aromatic nitrogens is 1. The molecule has 1 N–H and O–H groups in total. The first-order valence-electron chi connectivity index (χ1n) is 5.80. The molecule has 0 saturated heterocycles. The molecular weight excluding hydrogens is 318 g/mol. The minimum atomic E-state index is -0.625. The largest absolute Gasteiger partial charge is 0.448 e. The number of ether oxygens (including phenoxy) is 1. The zero-order chi connectivity index (χ0) is 15.2. The van der Waals surface area contributed by atoms with Crippen molar-refractivity contribution in [2.45, 2.75) is 0 Å². The van der Waals surface area contributed by atoms with Crippen LogP contribution in [0, 0.1) is 10.1 Å². The summed E-state index contributed by atoms with van der Waals surface area (Å²) in [6, 6.07) is 6.00. The molecule has 1 aromatic carbocycles. The van der Waals surface area contributed by atoms with E-state index in [0.29, 0.717) is 10.8 Å². The molecule has 0 aliphatic heterocycles. The van der Waals surface area contributed by atoms with Crippen molar-refractivity contribution in [3.8, 4) is 11.3 Å². The predicted octanol–water partition coefficient (Wildman–Crippen LogP) is 3.51. The van der Waals surface area contributed by atoms with Crippen molar-refractivity contribution in [2.24, 2.45) is 0 Å². The highest BCUT2D eigenvalue weighted by molar-refractivity contribution is 7.14. The van der Waals surface area contributed by atoms with E-state index in [1.807, 2.05) is 0 Å². The van der Waals surface area contributed by atoms with Crippen LogP contribution < -0.4 is 5.32 Å². The number of non-ortho nitro benzene ring substituents is 1. The lowest BCUT2D eigenvalue weighted by atomic mass is 10.1. The molecule has 1 aromatic heterocycles. The quantitative estimate of drug-likeness (QED) is 0.515. The van der Waals surface area contributed by atoms with Gasteiger partial charge in [-0.05, 0) is 12.1 Å². The molecule has 0 spiro atoms. The van der Waals surface area contributed by atoms with Crippen molar-refractivity contribution in [3.63, 3.8) is 0 Å². The Labute approximate surface area is 128 Å². The number of amides is 1. The summed E-state index contributed by atoms with van der Waals surface area (Å²) in [6.45, 7) is 0.119. The highest BCUT2D eigenvalue weighted by Crippen LogP contribution is 2.26. The van der Waals surface area contributed by atoms with Crippen LogP contribution in [0.4, 0.5) is 15.6 Å². The molecule has 2 rings (SSSR count). The van der Waals surface area contributed by atoms with E-state index in [9.17, 15) is 14.9 Å². The van der Waals surface area contributed by atoms with Crippen LogP contribution in [0.15, 0.2) is 29.6 Å². The average molecular weight is 328 g/mol. The Morgan fingerprint density at radius 3 is 2.76 bits per heavy atom. The third kappa shape index (κ3) is 4.14. The maximum atomic E-state index is 11.3. The van der Waals surface area contributed by atoms with Crippen molar-refractivity contribution >= 4 is 39.8 Å². The Bertz CT molecular complexity index is 644. The molecule has 0 aliphatic rings. The molecule has 0 radical (unpaired) electrons. The number of carbonyl (C=O) groups is 1. The molecule has 1 heterocycles. The Morgan fingerprint density at radius 1 is 1.43 bits per heavy atom. The van der Waals surface area contributed by atoms with Crippen LogP contribution in [0.1, 0.15) is 0 Å². The summed E-state index contributed by atoms with van der Waals surface area (Å²) >= 11 is 6.63. The van der Waals surface area contributed by atoms with Gasteiger partial charge in [-0.2, -0.15) is 0 Å². The zero-order valence-corrected chi connectivity index (χ0v) is 12.2. The highest BCUT2D eigenvalue weighted by atomic mass is 35.5. The minimum Gasteiger partial charge on any atom is -0.448 e. The second-order valence-corrected chi connectivity index (χ2v) is 5.03. The van der Waals surface area contributed by atoms with E-state index >= 15 is 0 Å². The number of nitrogens with zero attached hydrogens (tertiary/aromatic N) is 2. The molecule has 0 fully saturated rings. The summed E-state index contributed by atoms with van der Waals surface area (Å²) in [5, 5.41) is 15.2. The van der Waals surface area contributed by atoms with E-state index < -0.39 is 11.0 Å². The minimum absolute atomic E-state index is 0.0111. The van der Waals surface area contributed by atoms with E-state index in [4.69, 9.17) is 16.3 Å². The number of thiazole rings is 1. The van der Waals surface area contributed by atoms with Crippen molar-refractivity contribution in [1.82, 2.24) is 4.98 Å². The summed E-state index contributed by atoms with van der Waals surface area (Å²) in [5.41, 5.74) is 1.35. The molecule has 0 atom stereocenters. The lowest BCUT2D eigenvalue weighted by Crippen LogP contribution is -2.14.